The molecule has 0 spiro atoms. The molecule has 1 heterocycles. The maximum atomic E-state index is 12.1. The molecule has 0 radical (unpaired) electrons. The Balaban J connectivity index is 0.00000392. The number of hydrogen-bond acceptors (Lipinski definition) is 8. The van der Waals surface area contributed by atoms with Crippen molar-refractivity contribution in [2.45, 2.75) is 20.8 Å². The normalized spacial score (nSPS) is 10.4. The van der Waals surface area contributed by atoms with Gasteiger partial charge in [0.15, 0.2) is 11.5 Å². The van der Waals surface area contributed by atoms with Gasteiger partial charge in [0.05, 0.1) is 27.4 Å². The van der Waals surface area contributed by atoms with Crippen LogP contribution in [0.5, 0.6) is 17.2 Å². The van der Waals surface area contributed by atoms with Crippen molar-refractivity contribution in [1.82, 2.24) is 15.1 Å². The van der Waals surface area contributed by atoms with E-state index < -0.39 is 0 Å². The van der Waals surface area contributed by atoms with Gasteiger partial charge in [-0.2, -0.15) is 0 Å². The van der Waals surface area contributed by atoms with Gasteiger partial charge in [-0.1, -0.05) is 25.2 Å². The number of carbonyl (C=O) groups is 1. The van der Waals surface area contributed by atoms with Crippen molar-refractivity contribution < 1.29 is 19.0 Å². The molecule has 2 aromatic rings. The van der Waals surface area contributed by atoms with Gasteiger partial charge in [0.25, 0.3) is 0 Å². The molecule has 1 aromatic carbocycles. The number of methoxy groups -OCH3 is 2. The minimum absolute atomic E-state index is 0. The van der Waals surface area contributed by atoms with Crippen molar-refractivity contribution in [3.63, 3.8) is 0 Å². The molecule has 28 heavy (non-hydrogen) atoms. The van der Waals surface area contributed by atoms with Crippen molar-refractivity contribution in [3.8, 4) is 27.8 Å². The number of benzene rings is 1. The van der Waals surface area contributed by atoms with Crippen LogP contribution >= 0.6 is 23.7 Å². The first-order valence-electron chi connectivity index (χ1n) is 8.81. The Morgan fingerprint density at radius 1 is 1.11 bits per heavy atom. The Morgan fingerprint density at radius 3 is 2.21 bits per heavy atom. The van der Waals surface area contributed by atoms with Gasteiger partial charge in [-0.3, -0.25) is 15.0 Å². The third kappa shape index (κ3) is 5.95. The molecular formula is C18H27ClN4O4S. The number of ether oxygens (including phenoxy) is 3. The molecule has 2 rings (SSSR count). The first kappa shape index (κ1) is 23.9. The standard InChI is InChI=1S/C18H26N4O4S.ClH/c1-6-22(7-2)11-15(23)19-18-21-20-17(27-18)12-9-13(24-4)16(26-8-3)14(10-12)25-5;/h9-10H,6-8,11H2,1-5H3,(H,19,21,23);1H. The number of aromatic nitrogens is 2. The lowest BCUT2D eigenvalue weighted by Crippen LogP contribution is -2.32. The second kappa shape index (κ2) is 11.7. The molecule has 1 N–H and O–H groups in total. The van der Waals surface area contributed by atoms with Crippen LogP contribution in [0.3, 0.4) is 0 Å². The van der Waals surface area contributed by atoms with Gasteiger partial charge in [0.1, 0.15) is 5.01 Å². The largest absolute Gasteiger partial charge is 0.493 e. The van der Waals surface area contributed by atoms with E-state index >= 15 is 0 Å². The Labute approximate surface area is 175 Å². The number of hydrogen-bond donors (Lipinski definition) is 1. The third-order valence-electron chi connectivity index (χ3n) is 3.93. The van der Waals surface area contributed by atoms with Gasteiger partial charge in [-0.25, -0.2) is 0 Å². The van der Waals surface area contributed by atoms with E-state index in [1.807, 2.05) is 37.8 Å². The van der Waals surface area contributed by atoms with E-state index in [0.29, 0.717) is 40.5 Å². The quantitative estimate of drug-likeness (QED) is 0.618. The minimum atomic E-state index is -0.108. The van der Waals surface area contributed by atoms with Crippen molar-refractivity contribution in [1.29, 1.82) is 0 Å². The summed E-state index contributed by atoms with van der Waals surface area (Å²) in [4.78, 5) is 14.2. The van der Waals surface area contributed by atoms with E-state index in [-0.39, 0.29) is 18.3 Å². The van der Waals surface area contributed by atoms with E-state index in [2.05, 4.69) is 15.5 Å². The third-order valence-corrected chi connectivity index (χ3v) is 4.82. The van der Waals surface area contributed by atoms with Gasteiger partial charge in [-0.15, -0.1) is 22.6 Å². The molecule has 10 heteroatoms. The Kier molecular flexibility index (Phi) is 9.98. The van der Waals surface area contributed by atoms with Gasteiger partial charge >= 0.3 is 0 Å². The molecule has 0 aliphatic rings. The Morgan fingerprint density at radius 2 is 1.71 bits per heavy atom. The van der Waals surface area contributed by atoms with Crippen LogP contribution in [0.15, 0.2) is 12.1 Å². The monoisotopic (exact) mass is 430 g/mol. The van der Waals surface area contributed by atoms with Crippen LogP contribution < -0.4 is 19.5 Å². The van der Waals surface area contributed by atoms with Crippen LogP contribution in [0.2, 0.25) is 0 Å². The second-order valence-corrected chi connectivity index (χ2v) is 6.54. The second-order valence-electron chi connectivity index (χ2n) is 5.56. The van der Waals surface area contributed by atoms with Gasteiger partial charge in [0, 0.05) is 5.56 Å². The van der Waals surface area contributed by atoms with E-state index in [0.717, 1.165) is 18.7 Å². The molecule has 156 valence electrons. The Hall–Kier alpha value is -2.10. The zero-order valence-corrected chi connectivity index (χ0v) is 18.4. The molecule has 0 fully saturated rings. The van der Waals surface area contributed by atoms with E-state index in [1.165, 1.54) is 11.3 Å². The minimum Gasteiger partial charge on any atom is -0.493 e. The molecule has 8 nitrogen and oxygen atoms in total. The van der Waals surface area contributed by atoms with E-state index in [9.17, 15) is 4.79 Å². The van der Waals surface area contributed by atoms with Gasteiger partial charge < -0.3 is 14.2 Å². The van der Waals surface area contributed by atoms with Crippen molar-refractivity contribution in [3.05, 3.63) is 12.1 Å². The maximum Gasteiger partial charge on any atom is 0.240 e. The first-order chi connectivity index (χ1) is 13.1. The molecule has 0 unspecified atom stereocenters. The van der Waals surface area contributed by atoms with Gasteiger partial charge in [-0.05, 0) is 32.1 Å². The van der Waals surface area contributed by atoms with Crippen molar-refractivity contribution >= 4 is 34.8 Å². The SMILES string of the molecule is CCOc1c(OC)cc(-c2nnc(NC(=O)CN(CC)CC)s2)cc1OC.Cl. The number of nitrogens with zero attached hydrogens (tertiary/aromatic N) is 3. The maximum absolute atomic E-state index is 12.1. The molecule has 1 aromatic heterocycles. The highest BCUT2D eigenvalue weighted by atomic mass is 35.5. The van der Waals surface area contributed by atoms with Crippen LogP contribution in [-0.2, 0) is 4.79 Å². The lowest BCUT2D eigenvalue weighted by atomic mass is 10.2. The summed E-state index contributed by atoms with van der Waals surface area (Å²) < 4.78 is 16.4. The number of rotatable bonds is 10. The molecule has 0 saturated carbocycles. The number of likely N-dealkylation sites (N-methyl/N-ethyl adjacent to an activating group) is 1. The number of halogens is 1. The highest BCUT2D eigenvalue weighted by Crippen LogP contribution is 2.42. The zero-order valence-electron chi connectivity index (χ0n) is 16.8. The molecule has 0 aliphatic carbocycles. The van der Waals surface area contributed by atoms with Gasteiger partial charge in [0.2, 0.25) is 16.8 Å². The van der Waals surface area contributed by atoms with Crippen LogP contribution in [0.25, 0.3) is 10.6 Å². The summed E-state index contributed by atoms with van der Waals surface area (Å²) in [5.74, 6) is 1.54. The highest BCUT2D eigenvalue weighted by Gasteiger charge is 2.18. The summed E-state index contributed by atoms with van der Waals surface area (Å²) in [6.07, 6.45) is 0. The van der Waals surface area contributed by atoms with Crippen LogP contribution in [-0.4, -0.2) is 61.5 Å². The number of anilines is 1. The summed E-state index contributed by atoms with van der Waals surface area (Å²) in [6.45, 7) is 8.39. The lowest BCUT2D eigenvalue weighted by molar-refractivity contribution is -0.117. The molecule has 0 saturated heterocycles. The fraction of sp³-hybridized carbons (Fsp3) is 0.500. The molecule has 0 bridgehead atoms. The molecule has 0 atom stereocenters. The molecule has 1 amide bonds. The summed E-state index contributed by atoms with van der Waals surface area (Å²) in [6, 6.07) is 3.63. The van der Waals surface area contributed by atoms with Crippen LogP contribution in [0.1, 0.15) is 20.8 Å². The fourth-order valence-corrected chi connectivity index (χ4v) is 3.24. The van der Waals surface area contributed by atoms with Crippen LogP contribution in [0.4, 0.5) is 5.13 Å². The summed E-state index contributed by atoms with van der Waals surface area (Å²) in [5.41, 5.74) is 0.772. The topological polar surface area (TPSA) is 85.8 Å². The number of amides is 1. The van der Waals surface area contributed by atoms with Crippen molar-refractivity contribution in [2.24, 2.45) is 0 Å². The smallest absolute Gasteiger partial charge is 0.240 e. The number of nitrogens with one attached hydrogen (secondary N) is 1. The lowest BCUT2D eigenvalue weighted by Gasteiger charge is -2.16. The number of carbonyl (C=O) groups excluding carboxylic acids is 1. The zero-order chi connectivity index (χ0) is 19.8. The Bertz CT molecular complexity index is 743. The fourth-order valence-electron chi connectivity index (χ4n) is 2.49. The average Bonchev–Trinajstić information content (AvgIpc) is 3.14. The highest BCUT2D eigenvalue weighted by molar-refractivity contribution is 7.18. The van der Waals surface area contributed by atoms with E-state index in [1.54, 1.807) is 14.2 Å². The average molecular weight is 431 g/mol. The van der Waals surface area contributed by atoms with Crippen LogP contribution in [0, 0.1) is 0 Å². The summed E-state index contributed by atoms with van der Waals surface area (Å²) >= 11 is 1.29. The molecular weight excluding hydrogens is 404 g/mol. The predicted octanol–water partition coefficient (Wildman–Crippen LogP) is 3.32. The van der Waals surface area contributed by atoms with E-state index in [4.69, 9.17) is 14.2 Å². The predicted molar refractivity (Wildman–Crippen MR) is 113 cm³/mol. The summed E-state index contributed by atoms with van der Waals surface area (Å²) in [7, 11) is 3.14. The molecule has 0 aliphatic heterocycles. The van der Waals surface area contributed by atoms with Crippen molar-refractivity contribution in [2.75, 3.05) is 45.8 Å². The first-order valence-corrected chi connectivity index (χ1v) is 9.62. The summed E-state index contributed by atoms with van der Waals surface area (Å²) in [5, 5.41) is 12.1.